The van der Waals surface area contributed by atoms with E-state index in [2.05, 4.69) is 0 Å². The average Bonchev–Trinajstić information content (AvgIpc) is 2.82. The Labute approximate surface area is 192 Å². The van der Waals surface area contributed by atoms with Gasteiger partial charge in [0.25, 0.3) is 0 Å². The molecule has 7 nitrogen and oxygen atoms in total. The average molecular weight is 447 g/mol. The molecule has 1 aromatic rings. The van der Waals surface area contributed by atoms with Crippen LogP contribution < -0.4 is 0 Å². The fraction of sp³-hybridized carbons (Fsp3) is 0.640. The molecule has 0 unspecified atom stereocenters. The van der Waals surface area contributed by atoms with Gasteiger partial charge in [-0.1, -0.05) is 50.6 Å². The lowest BCUT2D eigenvalue weighted by Gasteiger charge is -2.37. The Kier molecular flexibility index (Phi) is 10.5. The minimum atomic E-state index is -0.548. The molecule has 7 heteroatoms. The van der Waals surface area contributed by atoms with Gasteiger partial charge in [-0.25, -0.2) is 4.79 Å². The van der Waals surface area contributed by atoms with Crippen molar-refractivity contribution < 1.29 is 23.9 Å². The molecule has 0 aliphatic carbocycles. The number of esters is 1. The Morgan fingerprint density at radius 2 is 1.72 bits per heavy atom. The number of hydrogen-bond acceptors (Lipinski definition) is 5. The van der Waals surface area contributed by atoms with Gasteiger partial charge in [-0.3, -0.25) is 14.5 Å². The molecule has 1 aliphatic heterocycles. The molecule has 1 heterocycles. The third-order valence-electron chi connectivity index (χ3n) is 6.11. The predicted octanol–water partition coefficient (Wildman–Crippen LogP) is 4.39. The number of rotatable bonds is 10. The van der Waals surface area contributed by atoms with Crippen LogP contribution in [0.3, 0.4) is 0 Å². The molecule has 0 aromatic heterocycles. The first-order valence-corrected chi connectivity index (χ1v) is 11.7. The number of carbonyl (C=O) groups is 3. The number of likely N-dealkylation sites (tertiary alicyclic amines) is 1. The minimum Gasteiger partial charge on any atom is -0.461 e. The van der Waals surface area contributed by atoms with Crippen LogP contribution in [0.2, 0.25) is 0 Å². The van der Waals surface area contributed by atoms with E-state index in [1.54, 1.807) is 14.0 Å². The van der Waals surface area contributed by atoms with Gasteiger partial charge in [0.05, 0.1) is 0 Å². The largest absolute Gasteiger partial charge is 0.461 e. The number of likely N-dealkylation sites (N-methyl/N-ethyl adjacent to an activating group) is 1. The summed E-state index contributed by atoms with van der Waals surface area (Å²) in [6, 6.07) is 8.94. The number of amides is 2. The van der Waals surface area contributed by atoms with E-state index in [0.29, 0.717) is 6.42 Å². The van der Waals surface area contributed by atoms with Gasteiger partial charge in [0.2, 0.25) is 5.91 Å². The van der Waals surface area contributed by atoms with E-state index in [1.165, 1.54) is 4.90 Å². The molecular weight excluding hydrogens is 408 g/mol. The molecule has 1 fully saturated rings. The van der Waals surface area contributed by atoms with Gasteiger partial charge in [-0.15, -0.1) is 0 Å². The monoisotopic (exact) mass is 446 g/mol. The van der Waals surface area contributed by atoms with E-state index in [1.807, 2.05) is 49.1 Å². The predicted molar refractivity (Wildman–Crippen MR) is 123 cm³/mol. The molecule has 3 atom stereocenters. The maximum atomic E-state index is 13.1. The second-order valence-electron chi connectivity index (χ2n) is 8.71. The van der Waals surface area contributed by atoms with Crippen LogP contribution >= 0.6 is 0 Å². The van der Waals surface area contributed by atoms with Gasteiger partial charge in [0.15, 0.2) is 0 Å². The standard InChI is InChI=1S/C25H38N2O5/c1-5-19(2)23(24(29)27-16-10-7-11-17-27)26(4)25(30)32-20(3)14-15-22(28)31-18-21-12-8-6-9-13-21/h6,8-9,12-13,19-20,23H,5,7,10-11,14-18H2,1-4H3/t19-,20-,23-/m0/s1. The maximum Gasteiger partial charge on any atom is 0.410 e. The van der Waals surface area contributed by atoms with E-state index in [9.17, 15) is 14.4 Å². The quantitative estimate of drug-likeness (QED) is 0.498. The van der Waals surface area contributed by atoms with Crippen LogP contribution in [0.1, 0.15) is 64.9 Å². The summed E-state index contributed by atoms with van der Waals surface area (Å²) in [6.07, 6.45) is 3.46. The first kappa shape index (κ1) is 25.7. The number of carbonyl (C=O) groups excluding carboxylic acids is 3. The van der Waals surface area contributed by atoms with Crippen molar-refractivity contribution in [1.29, 1.82) is 0 Å². The van der Waals surface area contributed by atoms with Crippen molar-refractivity contribution in [3.63, 3.8) is 0 Å². The lowest BCUT2D eigenvalue weighted by atomic mass is 9.96. The summed E-state index contributed by atoms with van der Waals surface area (Å²) in [5, 5.41) is 0. The van der Waals surface area contributed by atoms with Gasteiger partial charge in [0.1, 0.15) is 18.8 Å². The fourth-order valence-electron chi connectivity index (χ4n) is 3.87. The highest BCUT2D eigenvalue weighted by Crippen LogP contribution is 2.20. The SMILES string of the molecule is CC[C@H](C)[C@@H](C(=O)N1CCCCC1)N(C)C(=O)O[C@@H](C)CCC(=O)OCc1ccccc1. The van der Waals surface area contributed by atoms with Crippen molar-refractivity contribution in [2.75, 3.05) is 20.1 Å². The van der Waals surface area contributed by atoms with Crippen LogP contribution in [0.5, 0.6) is 0 Å². The summed E-state index contributed by atoms with van der Waals surface area (Å²) < 4.78 is 10.8. The van der Waals surface area contributed by atoms with E-state index in [4.69, 9.17) is 9.47 Å². The van der Waals surface area contributed by atoms with Crippen molar-refractivity contribution >= 4 is 18.0 Å². The van der Waals surface area contributed by atoms with Crippen LogP contribution in [0.15, 0.2) is 30.3 Å². The summed E-state index contributed by atoms with van der Waals surface area (Å²) >= 11 is 0. The topological polar surface area (TPSA) is 76.2 Å². The lowest BCUT2D eigenvalue weighted by Crippen LogP contribution is -2.53. The Morgan fingerprint density at radius 1 is 1.06 bits per heavy atom. The van der Waals surface area contributed by atoms with E-state index >= 15 is 0 Å². The molecule has 1 aromatic carbocycles. The second kappa shape index (κ2) is 13.1. The second-order valence-corrected chi connectivity index (χ2v) is 8.71. The van der Waals surface area contributed by atoms with Crippen molar-refractivity contribution in [3.8, 4) is 0 Å². The van der Waals surface area contributed by atoms with Gasteiger partial charge in [-0.05, 0) is 44.1 Å². The molecule has 0 N–H and O–H groups in total. The number of hydrogen-bond donors (Lipinski definition) is 0. The summed E-state index contributed by atoms with van der Waals surface area (Å²) in [4.78, 5) is 41.2. The molecule has 0 radical (unpaired) electrons. The third kappa shape index (κ3) is 7.84. The highest BCUT2D eigenvalue weighted by Gasteiger charge is 2.35. The van der Waals surface area contributed by atoms with Crippen LogP contribution in [-0.4, -0.2) is 60.1 Å². The smallest absolute Gasteiger partial charge is 0.410 e. The van der Waals surface area contributed by atoms with Crippen LogP contribution in [0, 0.1) is 5.92 Å². The molecule has 0 spiro atoms. The van der Waals surface area contributed by atoms with Crippen LogP contribution in [-0.2, 0) is 25.7 Å². The molecular formula is C25H38N2O5. The van der Waals surface area contributed by atoms with Gasteiger partial charge in [0, 0.05) is 26.6 Å². The molecule has 178 valence electrons. The Morgan fingerprint density at radius 3 is 2.34 bits per heavy atom. The van der Waals surface area contributed by atoms with Crippen molar-refractivity contribution in [1.82, 2.24) is 9.80 Å². The summed E-state index contributed by atoms with van der Waals surface area (Å²) in [6.45, 7) is 7.48. The zero-order chi connectivity index (χ0) is 23.5. The highest BCUT2D eigenvalue weighted by atomic mass is 16.6. The van der Waals surface area contributed by atoms with E-state index < -0.39 is 18.2 Å². The molecule has 2 amide bonds. The fourth-order valence-corrected chi connectivity index (χ4v) is 3.87. The first-order valence-electron chi connectivity index (χ1n) is 11.7. The molecule has 0 saturated carbocycles. The maximum absolute atomic E-state index is 13.1. The Bertz CT molecular complexity index is 733. The molecule has 32 heavy (non-hydrogen) atoms. The zero-order valence-electron chi connectivity index (χ0n) is 19.9. The number of benzene rings is 1. The van der Waals surface area contributed by atoms with E-state index in [0.717, 1.165) is 44.3 Å². The Balaban J connectivity index is 1.83. The lowest BCUT2D eigenvalue weighted by molar-refractivity contribution is -0.145. The molecule has 1 aliphatic rings. The first-order chi connectivity index (χ1) is 15.3. The Hall–Kier alpha value is -2.57. The van der Waals surface area contributed by atoms with E-state index in [-0.39, 0.29) is 30.8 Å². The molecule has 1 saturated heterocycles. The van der Waals surface area contributed by atoms with Crippen molar-refractivity contribution in [3.05, 3.63) is 35.9 Å². The summed E-state index contributed by atoms with van der Waals surface area (Å²) in [5.74, 6) is -0.316. The van der Waals surface area contributed by atoms with Crippen molar-refractivity contribution in [2.24, 2.45) is 5.92 Å². The van der Waals surface area contributed by atoms with Crippen molar-refractivity contribution in [2.45, 2.75) is 78.0 Å². The van der Waals surface area contributed by atoms with Crippen LogP contribution in [0.25, 0.3) is 0 Å². The van der Waals surface area contributed by atoms with Gasteiger partial charge in [-0.2, -0.15) is 0 Å². The number of nitrogens with zero attached hydrogens (tertiary/aromatic N) is 2. The number of ether oxygens (including phenoxy) is 2. The highest BCUT2D eigenvalue weighted by molar-refractivity contribution is 5.86. The summed E-state index contributed by atoms with van der Waals surface area (Å²) in [5.41, 5.74) is 0.927. The molecule has 2 rings (SSSR count). The normalized spacial score (nSPS) is 16.6. The third-order valence-corrected chi connectivity index (χ3v) is 6.11. The van der Waals surface area contributed by atoms with Gasteiger partial charge >= 0.3 is 12.1 Å². The zero-order valence-corrected chi connectivity index (χ0v) is 19.9. The van der Waals surface area contributed by atoms with Gasteiger partial charge < -0.3 is 14.4 Å². The summed E-state index contributed by atoms with van der Waals surface area (Å²) in [7, 11) is 1.63. The van der Waals surface area contributed by atoms with Crippen LogP contribution in [0.4, 0.5) is 4.79 Å². The molecule has 0 bridgehead atoms. The minimum absolute atomic E-state index is 0.00403. The number of piperidine rings is 1.